The molecule has 0 bridgehead atoms. The molecule has 5 atom stereocenters. The van der Waals surface area contributed by atoms with Gasteiger partial charge in [0, 0.05) is 19.3 Å². The Balaban J connectivity index is 4.48. The minimum absolute atomic E-state index is 0.0857. The summed E-state index contributed by atoms with van der Waals surface area (Å²) in [7, 11) is -9.80. The smallest absolute Gasteiger partial charge is 0.463 e. The van der Waals surface area contributed by atoms with Crippen LogP contribution < -0.4 is 0 Å². The van der Waals surface area contributed by atoms with Crippen molar-refractivity contribution in [2.24, 2.45) is 0 Å². The van der Waals surface area contributed by atoms with Gasteiger partial charge in [-0.1, -0.05) is 321 Å². The van der Waals surface area contributed by atoms with E-state index >= 15 is 0 Å². The van der Waals surface area contributed by atoms with Crippen LogP contribution in [0.5, 0.6) is 0 Å². The van der Waals surface area contributed by atoms with Crippen molar-refractivity contribution in [1.29, 1.82) is 0 Å². The van der Waals surface area contributed by atoms with Gasteiger partial charge in [-0.3, -0.25) is 32.5 Å². The van der Waals surface area contributed by atoms with Gasteiger partial charge >= 0.3 is 33.6 Å². The van der Waals surface area contributed by atoms with E-state index in [4.69, 9.17) is 32.3 Å². The van der Waals surface area contributed by atoms with Crippen LogP contribution in [0.15, 0.2) is 134 Å². The first-order valence-corrected chi connectivity index (χ1v) is 44.5. The number of allylic oxidation sites excluding steroid dienone is 22. The lowest BCUT2D eigenvalue weighted by Gasteiger charge is -2.21. The van der Waals surface area contributed by atoms with Crippen molar-refractivity contribution in [2.45, 2.75) is 360 Å². The highest BCUT2D eigenvalue weighted by atomic mass is 31.2. The normalized spacial score (nSPS) is 14.6. The third kappa shape index (κ3) is 80.5. The van der Waals surface area contributed by atoms with Crippen LogP contribution in [0.2, 0.25) is 0 Å². The topological polar surface area (TPSA) is 231 Å². The number of ether oxygens (including phenoxy) is 3. The molecule has 0 spiro atoms. The Labute approximate surface area is 639 Å². The minimum atomic E-state index is -4.94. The lowest BCUT2D eigenvalue weighted by atomic mass is 10.0. The maximum atomic E-state index is 13.0. The first-order valence-electron chi connectivity index (χ1n) is 41.5. The van der Waals surface area contributed by atoms with Crippen molar-refractivity contribution in [3.05, 3.63) is 134 Å². The van der Waals surface area contributed by atoms with Crippen molar-refractivity contribution in [3.63, 3.8) is 0 Å². The number of hydrogen-bond acceptors (Lipinski definition) is 14. The van der Waals surface area contributed by atoms with Crippen LogP contribution in [0, 0.1) is 0 Å². The molecule has 0 amide bonds. The zero-order valence-corrected chi connectivity index (χ0v) is 67.9. The van der Waals surface area contributed by atoms with Crippen LogP contribution in [0.3, 0.4) is 0 Å². The molecule has 5 unspecified atom stereocenters. The Morgan fingerprint density at radius 1 is 0.276 bits per heavy atom. The van der Waals surface area contributed by atoms with Crippen LogP contribution in [0.1, 0.15) is 342 Å². The van der Waals surface area contributed by atoms with E-state index in [-0.39, 0.29) is 19.3 Å². The van der Waals surface area contributed by atoms with Crippen LogP contribution in [-0.4, -0.2) is 95.9 Å². The van der Waals surface area contributed by atoms with Gasteiger partial charge in [-0.25, -0.2) is 9.13 Å². The van der Waals surface area contributed by atoms with Gasteiger partial charge in [-0.15, -0.1) is 0 Å². The van der Waals surface area contributed by atoms with E-state index in [1.54, 1.807) is 0 Å². The molecule has 16 nitrogen and oxygen atoms in total. The van der Waals surface area contributed by atoms with Crippen LogP contribution in [0.4, 0.5) is 0 Å². The predicted molar refractivity (Wildman–Crippen MR) is 436 cm³/mol. The summed E-state index contributed by atoms with van der Waals surface area (Å²) in [6.45, 7) is 2.48. The van der Waals surface area contributed by atoms with Gasteiger partial charge in [-0.2, -0.15) is 0 Å². The largest absolute Gasteiger partial charge is 0.472 e. The summed E-state index contributed by atoms with van der Waals surface area (Å²) < 4.78 is 61.2. The predicted octanol–water partition coefficient (Wildman–Crippen LogP) is 24.7. The third-order valence-electron chi connectivity index (χ3n) is 17.3. The number of unbranched alkanes of at least 4 members (excludes halogenated alkanes) is 33. The number of esters is 3. The number of rotatable bonds is 78. The summed E-state index contributed by atoms with van der Waals surface area (Å²) in [5.41, 5.74) is 0. The second-order valence-corrected chi connectivity index (χ2v) is 30.4. The first-order chi connectivity index (χ1) is 51.2. The summed E-state index contributed by atoms with van der Waals surface area (Å²) in [6.07, 6.45) is 96.5. The molecule has 105 heavy (non-hydrogen) atoms. The van der Waals surface area contributed by atoms with Gasteiger partial charge in [0.15, 0.2) is 6.10 Å². The van der Waals surface area contributed by atoms with Crippen molar-refractivity contribution in [3.8, 4) is 0 Å². The fourth-order valence-corrected chi connectivity index (χ4v) is 12.6. The molecular formula is C87H150O16P2. The molecule has 0 aliphatic heterocycles. The fraction of sp³-hybridized carbons (Fsp3) is 0.713. The van der Waals surface area contributed by atoms with Gasteiger partial charge in [0.2, 0.25) is 0 Å². The van der Waals surface area contributed by atoms with E-state index in [0.29, 0.717) is 19.3 Å². The molecule has 0 saturated carbocycles. The Kier molecular flexibility index (Phi) is 76.0. The minimum Gasteiger partial charge on any atom is -0.463 e. The molecule has 0 aromatic rings. The van der Waals surface area contributed by atoms with E-state index in [1.807, 2.05) is 0 Å². The Morgan fingerprint density at radius 3 is 0.838 bits per heavy atom. The molecule has 0 heterocycles. The van der Waals surface area contributed by atoms with Gasteiger partial charge in [0.1, 0.15) is 25.4 Å². The number of carbonyl (C=O) groups excluding carboxylic acids is 3. The second-order valence-electron chi connectivity index (χ2n) is 27.5. The summed E-state index contributed by atoms with van der Waals surface area (Å²) in [5, 5.41) is 20.7. The van der Waals surface area contributed by atoms with Gasteiger partial charge in [0.25, 0.3) is 0 Å². The van der Waals surface area contributed by atoms with Gasteiger partial charge in [0.05, 0.1) is 26.4 Å². The standard InChI is InChI=1S/C87H150O16P2/c1-4-7-10-13-16-19-22-25-27-29-31-33-35-37-39-40-42-44-45-47-49-51-53-56-58-61-64-67-70-73-85(90)97-76-82(88)77-99-104(93,94)100-78-83(89)79-101-105(95,96)102-81-84(103-87(92)75-72-69-66-63-60-55-24-21-18-15-12-9-6-3)80-98-86(91)74-71-68-65-62-59-57-54-52-50-48-46-43-41-38-36-34-32-30-28-26-23-20-17-14-11-8-5-2/h8,11-12,15-17,19-21,24-28,31-34,37-39,41,82-84,88-89H,4-7,9-10,13-14,18,22-23,29-30,35-36,40,42-81H2,1-3H3,(H,93,94)(H,95,96)/b11-8-,15-12-,19-16-,20-17-,24-21-,27-25-,28-26-,33-31-,34-32-,39-37-,41-38-. The number of phosphoric acid groups is 2. The first kappa shape index (κ1) is 101. The average molecular weight is 1510 g/mol. The van der Waals surface area contributed by atoms with Gasteiger partial charge in [-0.05, 0) is 135 Å². The van der Waals surface area contributed by atoms with Crippen molar-refractivity contribution in [1.82, 2.24) is 0 Å². The number of phosphoric ester groups is 2. The monoisotopic (exact) mass is 1510 g/mol. The number of carbonyl (C=O) groups is 3. The lowest BCUT2D eigenvalue weighted by molar-refractivity contribution is -0.161. The molecule has 4 N–H and O–H groups in total. The van der Waals surface area contributed by atoms with Crippen molar-refractivity contribution >= 4 is 33.6 Å². The molecule has 18 heteroatoms. The lowest BCUT2D eigenvalue weighted by Crippen LogP contribution is -2.30. The molecular weight excluding hydrogens is 1360 g/mol. The highest BCUT2D eigenvalue weighted by Crippen LogP contribution is 2.45. The highest BCUT2D eigenvalue weighted by Gasteiger charge is 2.29. The molecule has 0 aromatic heterocycles. The average Bonchev–Trinajstić information content (AvgIpc) is 0.913. The van der Waals surface area contributed by atoms with E-state index < -0.39 is 91.5 Å². The zero-order chi connectivity index (χ0) is 76.6. The molecule has 0 aliphatic carbocycles. The summed E-state index contributed by atoms with van der Waals surface area (Å²) in [6, 6.07) is 0. The second kappa shape index (κ2) is 79.2. The number of aliphatic hydroxyl groups excluding tert-OH is 2. The summed E-state index contributed by atoms with van der Waals surface area (Å²) in [5.74, 6) is -1.59. The summed E-state index contributed by atoms with van der Waals surface area (Å²) >= 11 is 0. The molecule has 0 aromatic carbocycles. The Morgan fingerprint density at radius 2 is 0.524 bits per heavy atom. The van der Waals surface area contributed by atoms with Crippen LogP contribution in [0.25, 0.3) is 0 Å². The molecule has 604 valence electrons. The number of aliphatic hydroxyl groups is 2. The van der Waals surface area contributed by atoms with E-state index in [9.17, 15) is 43.5 Å². The molecule has 0 rings (SSSR count). The van der Waals surface area contributed by atoms with Crippen LogP contribution in [-0.2, 0) is 55.8 Å². The highest BCUT2D eigenvalue weighted by molar-refractivity contribution is 7.47. The third-order valence-corrected chi connectivity index (χ3v) is 19.2. The van der Waals surface area contributed by atoms with E-state index in [2.05, 4.69) is 154 Å². The SMILES string of the molecule is CC/C=C\C/C=C\C/C=C\C/C=C\C/C=C\CCCCCCCCCCCCCC(=O)OCC(COP(=O)(O)OCC(O)COP(=O)(O)OCC(O)COC(=O)CCCCCCCCCCCCCCC/C=C\C/C=C\C/C=C\C/C=C\CCCCC)OC(=O)CCCCCCC/C=C\C/C=C\CCC. The van der Waals surface area contributed by atoms with E-state index in [1.165, 1.54) is 122 Å². The van der Waals surface area contributed by atoms with Gasteiger partial charge < -0.3 is 34.2 Å². The fourth-order valence-electron chi connectivity index (χ4n) is 11.0. The summed E-state index contributed by atoms with van der Waals surface area (Å²) in [4.78, 5) is 58.7. The Bertz CT molecular complexity index is 2440. The molecule has 0 aliphatic rings. The molecule has 0 saturated heterocycles. The van der Waals surface area contributed by atoms with Crippen LogP contribution >= 0.6 is 15.6 Å². The Hall–Kier alpha value is -4.31. The molecule has 0 fully saturated rings. The number of hydrogen-bond donors (Lipinski definition) is 4. The molecule has 0 radical (unpaired) electrons. The zero-order valence-electron chi connectivity index (χ0n) is 66.1. The van der Waals surface area contributed by atoms with Crippen molar-refractivity contribution < 1.29 is 75.8 Å². The maximum absolute atomic E-state index is 13.0. The van der Waals surface area contributed by atoms with Crippen molar-refractivity contribution in [2.75, 3.05) is 39.6 Å². The quantitative estimate of drug-likeness (QED) is 0.0146. The van der Waals surface area contributed by atoms with E-state index in [0.717, 1.165) is 161 Å². The maximum Gasteiger partial charge on any atom is 0.472 e.